The summed E-state index contributed by atoms with van der Waals surface area (Å²) in [5.41, 5.74) is 3.33. The van der Waals surface area contributed by atoms with Crippen LogP contribution in [-0.2, 0) is 32.4 Å². The molecule has 1 N–H and O–H groups in total. The van der Waals surface area contributed by atoms with E-state index in [1.165, 1.54) is 11.1 Å². The second-order valence-electron chi connectivity index (χ2n) is 8.87. The number of nitrogens with one attached hydrogen (secondary N) is 1. The van der Waals surface area contributed by atoms with Crippen molar-refractivity contribution >= 4 is 5.91 Å². The molecule has 1 aliphatic heterocycles. The van der Waals surface area contributed by atoms with Gasteiger partial charge in [-0.25, -0.2) is 0 Å². The summed E-state index contributed by atoms with van der Waals surface area (Å²) in [6.07, 6.45) is 5.92. The maximum Gasteiger partial charge on any atom is 0.252 e. The fourth-order valence-electron chi connectivity index (χ4n) is 4.17. The summed E-state index contributed by atoms with van der Waals surface area (Å²) in [6.45, 7) is 8.81. The molecule has 7 heteroatoms. The van der Waals surface area contributed by atoms with Crippen LogP contribution in [0.2, 0.25) is 0 Å². The number of carbonyl (C=O) groups is 1. The average molecular weight is 433 g/mol. The van der Waals surface area contributed by atoms with Crippen LogP contribution < -0.4 is 5.32 Å². The minimum Gasteiger partial charge on any atom is -0.352 e. The highest BCUT2D eigenvalue weighted by Crippen LogP contribution is 2.15. The number of hydrogen-bond donors (Lipinski definition) is 1. The van der Waals surface area contributed by atoms with Crippen LogP contribution in [0.4, 0.5) is 0 Å². The molecule has 0 atom stereocenters. The van der Waals surface area contributed by atoms with Crippen molar-refractivity contribution in [3.8, 4) is 0 Å². The summed E-state index contributed by atoms with van der Waals surface area (Å²) in [5, 5.41) is 11.7. The monoisotopic (exact) mass is 432 g/mol. The van der Waals surface area contributed by atoms with E-state index in [2.05, 4.69) is 68.1 Å². The number of pyridine rings is 1. The lowest BCUT2D eigenvalue weighted by atomic mass is 10.0. The van der Waals surface area contributed by atoms with Crippen LogP contribution in [0, 0.1) is 5.92 Å². The molecule has 3 heterocycles. The number of aromatic nitrogens is 4. The molecule has 0 saturated heterocycles. The molecule has 1 aromatic carbocycles. The Bertz CT molecular complexity index is 1010. The van der Waals surface area contributed by atoms with E-state index in [0.29, 0.717) is 24.4 Å². The van der Waals surface area contributed by atoms with Crippen LogP contribution in [0.5, 0.6) is 0 Å². The molecular formula is C25H32N6O. The molecule has 0 unspecified atom stereocenters. The Kier molecular flexibility index (Phi) is 7.27. The lowest BCUT2D eigenvalue weighted by Gasteiger charge is -2.20. The molecule has 0 bridgehead atoms. The molecule has 3 aromatic rings. The van der Waals surface area contributed by atoms with Gasteiger partial charge in [0.15, 0.2) is 0 Å². The Morgan fingerprint density at radius 1 is 1.06 bits per heavy atom. The molecule has 2 aromatic heterocycles. The van der Waals surface area contributed by atoms with E-state index >= 15 is 0 Å². The van der Waals surface area contributed by atoms with Crippen molar-refractivity contribution in [3.05, 3.63) is 77.1 Å². The Morgan fingerprint density at radius 2 is 1.88 bits per heavy atom. The molecule has 1 amide bonds. The number of rotatable bonds is 8. The molecule has 168 valence electrons. The Balaban J connectivity index is 1.29. The SMILES string of the molecule is CC(C)Cc1ccc(CN2CCc3nnc(CCNC(=O)c4cccnc4)n3CC2)cc1. The maximum atomic E-state index is 12.2. The summed E-state index contributed by atoms with van der Waals surface area (Å²) in [4.78, 5) is 18.7. The number of hydrogen-bond acceptors (Lipinski definition) is 5. The summed E-state index contributed by atoms with van der Waals surface area (Å²) in [7, 11) is 0. The van der Waals surface area contributed by atoms with Gasteiger partial charge in [-0.05, 0) is 35.6 Å². The molecule has 7 nitrogen and oxygen atoms in total. The van der Waals surface area contributed by atoms with Crippen molar-refractivity contribution in [2.45, 2.75) is 46.2 Å². The minimum absolute atomic E-state index is 0.112. The fraction of sp³-hybridized carbons (Fsp3) is 0.440. The third kappa shape index (κ3) is 5.79. The van der Waals surface area contributed by atoms with Crippen molar-refractivity contribution < 1.29 is 4.79 Å². The molecule has 1 aliphatic rings. The second-order valence-corrected chi connectivity index (χ2v) is 8.87. The topological polar surface area (TPSA) is 75.9 Å². The highest BCUT2D eigenvalue weighted by Gasteiger charge is 2.19. The van der Waals surface area contributed by atoms with Crippen LogP contribution in [0.25, 0.3) is 0 Å². The lowest BCUT2D eigenvalue weighted by Crippen LogP contribution is -2.28. The number of fused-ring (bicyclic) bond motifs is 1. The Labute approximate surface area is 189 Å². The number of carbonyl (C=O) groups excluding carboxylic acids is 1. The third-order valence-corrected chi connectivity index (χ3v) is 5.83. The smallest absolute Gasteiger partial charge is 0.252 e. The van der Waals surface area contributed by atoms with Crippen molar-refractivity contribution in [1.82, 2.24) is 30.0 Å². The summed E-state index contributed by atoms with van der Waals surface area (Å²) in [5.74, 6) is 2.54. The highest BCUT2D eigenvalue weighted by atomic mass is 16.1. The first-order valence-corrected chi connectivity index (χ1v) is 11.5. The fourth-order valence-corrected chi connectivity index (χ4v) is 4.17. The predicted octanol–water partition coefficient (Wildman–Crippen LogP) is 2.90. The Hall–Kier alpha value is -3.06. The number of amides is 1. The van der Waals surface area contributed by atoms with E-state index in [1.807, 2.05) is 0 Å². The number of benzene rings is 1. The molecule has 0 aliphatic carbocycles. The zero-order valence-electron chi connectivity index (χ0n) is 19.0. The largest absolute Gasteiger partial charge is 0.352 e. The van der Waals surface area contributed by atoms with Crippen LogP contribution in [0.1, 0.15) is 47.0 Å². The van der Waals surface area contributed by atoms with Crippen molar-refractivity contribution in [1.29, 1.82) is 0 Å². The van der Waals surface area contributed by atoms with Gasteiger partial charge in [-0.1, -0.05) is 38.1 Å². The Morgan fingerprint density at radius 3 is 2.62 bits per heavy atom. The minimum atomic E-state index is -0.112. The lowest BCUT2D eigenvalue weighted by molar-refractivity contribution is 0.0953. The van der Waals surface area contributed by atoms with Gasteiger partial charge in [-0.3, -0.25) is 14.7 Å². The van der Waals surface area contributed by atoms with Crippen LogP contribution in [-0.4, -0.2) is 50.2 Å². The van der Waals surface area contributed by atoms with Crippen molar-refractivity contribution in [3.63, 3.8) is 0 Å². The first-order valence-electron chi connectivity index (χ1n) is 11.5. The van der Waals surface area contributed by atoms with E-state index in [4.69, 9.17) is 0 Å². The standard InChI is InChI=1S/C25H32N6O/c1-19(2)16-20-5-7-21(8-6-20)18-30-13-10-24-29-28-23(31(24)15-14-30)9-12-27-25(32)22-4-3-11-26-17-22/h3-8,11,17,19H,9-10,12-16,18H2,1-2H3,(H,27,32). The molecule has 0 spiro atoms. The van der Waals surface area contributed by atoms with Gasteiger partial charge in [-0.2, -0.15) is 0 Å². The van der Waals surface area contributed by atoms with Crippen LogP contribution >= 0.6 is 0 Å². The van der Waals surface area contributed by atoms with Gasteiger partial charge >= 0.3 is 0 Å². The van der Waals surface area contributed by atoms with Gasteiger partial charge in [-0.15, -0.1) is 10.2 Å². The summed E-state index contributed by atoms with van der Waals surface area (Å²) >= 11 is 0. The van der Waals surface area contributed by atoms with E-state index in [-0.39, 0.29) is 5.91 Å². The molecule has 4 rings (SSSR count). The summed E-state index contributed by atoms with van der Waals surface area (Å²) in [6, 6.07) is 12.6. The van der Waals surface area contributed by atoms with Gasteiger partial charge in [0.05, 0.1) is 5.56 Å². The van der Waals surface area contributed by atoms with Gasteiger partial charge in [0.25, 0.3) is 5.91 Å². The maximum absolute atomic E-state index is 12.2. The highest BCUT2D eigenvalue weighted by molar-refractivity contribution is 5.93. The van der Waals surface area contributed by atoms with Gasteiger partial charge in [0, 0.05) is 58.0 Å². The van der Waals surface area contributed by atoms with Gasteiger partial charge in [0.1, 0.15) is 11.6 Å². The normalized spacial score (nSPS) is 14.2. The van der Waals surface area contributed by atoms with E-state index in [1.54, 1.807) is 24.5 Å². The van der Waals surface area contributed by atoms with E-state index < -0.39 is 0 Å². The van der Waals surface area contributed by atoms with E-state index in [9.17, 15) is 4.79 Å². The first kappa shape index (κ1) is 22.1. The summed E-state index contributed by atoms with van der Waals surface area (Å²) < 4.78 is 2.22. The third-order valence-electron chi connectivity index (χ3n) is 5.83. The average Bonchev–Trinajstić information content (AvgIpc) is 3.07. The molecule has 32 heavy (non-hydrogen) atoms. The quantitative estimate of drug-likeness (QED) is 0.592. The molecule has 0 saturated carbocycles. The molecule has 0 fully saturated rings. The van der Waals surface area contributed by atoms with E-state index in [0.717, 1.165) is 50.7 Å². The first-order chi connectivity index (χ1) is 15.6. The van der Waals surface area contributed by atoms with Gasteiger partial charge < -0.3 is 9.88 Å². The zero-order chi connectivity index (χ0) is 22.3. The van der Waals surface area contributed by atoms with Crippen LogP contribution in [0.15, 0.2) is 48.8 Å². The predicted molar refractivity (Wildman–Crippen MR) is 124 cm³/mol. The molecular weight excluding hydrogens is 400 g/mol. The second kappa shape index (κ2) is 10.5. The van der Waals surface area contributed by atoms with Crippen molar-refractivity contribution in [2.75, 3.05) is 19.6 Å². The molecule has 0 radical (unpaired) electrons. The zero-order valence-corrected chi connectivity index (χ0v) is 19.0. The van der Waals surface area contributed by atoms with Gasteiger partial charge in [0.2, 0.25) is 0 Å². The van der Waals surface area contributed by atoms with Crippen molar-refractivity contribution in [2.24, 2.45) is 5.92 Å². The number of nitrogens with zero attached hydrogens (tertiary/aromatic N) is 5. The van der Waals surface area contributed by atoms with Crippen LogP contribution in [0.3, 0.4) is 0 Å².